The molecule has 1 heterocycles. The molecule has 6 heteroatoms. The lowest BCUT2D eigenvalue weighted by Crippen LogP contribution is -2.14. The second kappa shape index (κ2) is 7.72. The molecular formula is C21H18FNO3S. The number of amides is 1. The maximum absolute atomic E-state index is 13.4. The third kappa shape index (κ3) is 3.90. The molecule has 27 heavy (non-hydrogen) atoms. The molecule has 0 atom stereocenters. The molecule has 0 unspecified atom stereocenters. The van der Waals surface area contributed by atoms with Gasteiger partial charge < -0.3 is 10.1 Å². The van der Waals surface area contributed by atoms with E-state index < -0.39 is 17.7 Å². The SMILES string of the molecule is COC(=O)c1c(-c2cc(C)ccc2C)csc1NC(=O)c1cccc(F)c1. The fraction of sp³-hybridized carbons (Fsp3) is 0.143. The Kier molecular flexibility index (Phi) is 5.37. The van der Waals surface area contributed by atoms with Gasteiger partial charge in [-0.15, -0.1) is 11.3 Å². The van der Waals surface area contributed by atoms with Gasteiger partial charge >= 0.3 is 5.97 Å². The fourth-order valence-corrected chi connectivity index (χ4v) is 3.73. The summed E-state index contributed by atoms with van der Waals surface area (Å²) in [5.74, 6) is -1.53. The van der Waals surface area contributed by atoms with Gasteiger partial charge in [0.1, 0.15) is 16.4 Å². The van der Waals surface area contributed by atoms with Crippen molar-refractivity contribution in [1.29, 1.82) is 0 Å². The minimum absolute atomic E-state index is 0.174. The number of esters is 1. The first-order chi connectivity index (χ1) is 12.9. The Morgan fingerprint density at radius 3 is 2.56 bits per heavy atom. The molecule has 138 valence electrons. The highest BCUT2D eigenvalue weighted by atomic mass is 32.1. The molecular weight excluding hydrogens is 365 g/mol. The Labute approximate surface area is 160 Å². The highest BCUT2D eigenvalue weighted by Crippen LogP contribution is 2.38. The smallest absolute Gasteiger partial charge is 0.341 e. The number of nitrogens with one attached hydrogen (secondary N) is 1. The highest BCUT2D eigenvalue weighted by Gasteiger charge is 2.23. The van der Waals surface area contributed by atoms with Crippen LogP contribution >= 0.6 is 11.3 Å². The normalized spacial score (nSPS) is 10.5. The van der Waals surface area contributed by atoms with Crippen molar-refractivity contribution in [2.45, 2.75) is 13.8 Å². The summed E-state index contributed by atoms with van der Waals surface area (Å²) >= 11 is 1.23. The van der Waals surface area contributed by atoms with E-state index in [4.69, 9.17) is 4.74 Å². The highest BCUT2D eigenvalue weighted by molar-refractivity contribution is 7.15. The average molecular weight is 383 g/mol. The Morgan fingerprint density at radius 2 is 1.85 bits per heavy atom. The van der Waals surface area contributed by atoms with E-state index in [-0.39, 0.29) is 5.56 Å². The molecule has 0 saturated heterocycles. The molecule has 0 aliphatic rings. The van der Waals surface area contributed by atoms with E-state index in [2.05, 4.69) is 5.32 Å². The molecule has 2 aromatic carbocycles. The van der Waals surface area contributed by atoms with Gasteiger partial charge in [0.15, 0.2) is 0 Å². The summed E-state index contributed by atoms with van der Waals surface area (Å²) in [6.45, 7) is 3.93. The first kappa shape index (κ1) is 18.8. The molecule has 0 aliphatic carbocycles. The number of halogens is 1. The van der Waals surface area contributed by atoms with E-state index >= 15 is 0 Å². The topological polar surface area (TPSA) is 55.4 Å². The maximum Gasteiger partial charge on any atom is 0.341 e. The van der Waals surface area contributed by atoms with Crippen molar-refractivity contribution in [2.24, 2.45) is 0 Å². The summed E-state index contributed by atoms with van der Waals surface area (Å²) in [5, 5.41) is 4.89. The lowest BCUT2D eigenvalue weighted by Gasteiger charge is -2.10. The molecule has 1 amide bonds. The Bertz CT molecular complexity index is 1030. The van der Waals surface area contributed by atoms with Crippen LogP contribution in [0.5, 0.6) is 0 Å². The molecule has 0 aliphatic heterocycles. The number of aryl methyl sites for hydroxylation is 2. The maximum atomic E-state index is 13.4. The molecule has 0 radical (unpaired) electrons. The molecule has 0 fully saturated rings. The minimum atomic E-state index is -0.540. The summed E-state index contributed by atoms with van der Waals surface area (Å²) in [4.78, 5) is 24.9. The number of hydrogen-bond donors (Lipinski definition) is 1. The van der Waals surface area contributed by atoms with Gasteiger partial charge in [-0.3, -0.25) is 4.79 Å². The van der Waals surface area contributed by atoms with Crippen molar-refractivity contribution in [3.8, 4) is 11.1 Å². The van der Waals surface area contributed by atoms with Gasteiger partial charge in [0.25, 0.3) is 5.91 Å². The minimum Gasteiger partial charge on any atom is -0.465 e. The van der Waals surface area contributed by atoms with Crippen LogP contribution in [0.15, 0.2) is 47.8 Å². The monoisotopic (exact) mass is 383 g/mol. The molecule has 1 N–H and O–H groups in total. The molecule has 0 spiro atoms. The molecule has 1 aromatic heterocycles. The van der Waals surface area contributed by atoms with E-state index in [1.165, 1.54) is 36.6 Å². The number of rotatable bonds is 4. The molecule has 0 saturated carbocycles. The Hall–Kier alpha value is -2.99. The summed E-state index contributed by atoms with van der Waals surface area (Å²) in [5.41, 5.74) is 4.13. The third-order valence-corrected chi connectivity index (χ3v) is 5.07. The van der Waals surface area contributed by atoms with Crippen LogP contribution in [0.1, 0.15) is 31.8 Å². The van der Waals surface area contributed by atoms with Crippen LogP contribution in [0, 0.1) is 19.7 Å². The fourth-order valence-electron chi connectivity index (χ4n) is 2.78. The number of carbonyl (C=O) groups is 2. The van der Waals surface area contributed by atoms with Crippen LogP contribution in [0.25, 0.3) is 11.1 Å². The summed E-state index contributed by atoms with van der Waals surface area (Å²) in [7, 11) is 1.30. The predicted molar refractivity (Wildman–Crippen MR) is 105 cm³/mol. The number of ether oxygens (including phenoxy) is 1. The van der Waals surface area contributed by atoms with Gasteiger partial charge in [-0.2, -0.15) is 0 Å². The molecule has 0 bridgehead atoms. The van der Waals surface area contributed by atoms with E-state index in [1.54, 1.807) is 0 Å². The van der Waals surface area contributed by atoms with Crippen LogP contribution in [0.4, 0.5) is 9.39 Å². The lowest BCUT2D eigenvalue weighted by molar-refractivity contribution is 0.0603. The summed E-state index contributed by atoms with van der Waals surface area (Å²) in [6.07, 6.45) is 0. The van der Waals surface area contributed by atoms with Crippen LogP contribution < -0.4 is 5.32 Å². The zero-order chi connectivity index (χ0) is 19.6. The van der Waals surface area contributed by atoms with Crippen molar-refractivity contribution in [3.05, 3.63) is 75.9 Å². The number of benzene rings is 2. The number of thiophene rings is 1. The van der Waals surface area contributed by atoms with Gasteiger partial charge in [0.2, 0.25) is 0 Å². The van der Waals surface area contributed by atoms with Crippen LogP contribution in [0.3, 0.4) is 0 Å². The van der Waals surface area contributed by atoms with Crippen LogP contribution in [0.2, 0.25) is 0 Å². The third-order valence-electron chi connectivity index (χ3n) is 4.18. The van der Waals surface area contributed by atoms with Gasteiger partial charge in [-0.25, -0.2) is 9.18 Å². The van der Waals surface area contributed by atoms with Crippen molar-refractivity contribution in [3.63, 3.8) is 0 Å². The second-order valence-corrected chi connectivity index (χ2v) is 7.01. The first-order valence-corrected chi connectivity index (χ1v) is 9.13. The van der Waals surface area contributed by atoms with E-state index in [0.717, 1.165) is 22.8 Å². The lowest BCUT2D eigenvalue weighted by atomic mass is 9.97. The van der Waals surface area contributed by atoms with Gasteiger partial charge in [-0.1, -0.05) is 29.8 Å². The van der Waals surface area contributed by atoms with E-state index in [0.29, 0.717) is 16.1 Å². The average Bonchev–Trinajstić information content (AvgIpc) is 3.06. The number of methoxy groups -OCH3 is 1. The first-order valence-electron chi connectivity index (χ1n) is 8.25. The zero-order valence-electron chi connectivity index (χ0n) is 15.1. The van der Waals surface area contributed by atoms with Crippen molar-refractivity contribution < 1.29 is 18.7 Å². The van der Waals surface area contributed by atoms with E-state index in [1.807, 2.05) is 37.4 Å². The second-order valence-electron chi connectivity index (χ2n) is 6.13. The standard InChI is InChI=1S/C21H18FNO3S/c1-12-7-8-13(2)16(9-12)17-11-27-20(18(17)21(25)26-3)23-19(24)14-5-4-6-15(22)10-14/h4-11H,1-3H3,(H,23,24). The Balaban J connectivity index is 2.04. The van der Waals surface area contributed by atoms with Crippen molar-refractivity contribution >= 4 is 28.2 Å². The molecule has 4 nitrogen and oxygen atoms in total. The number of anilines is 1. The van der Waals surface area contributed by atoms with Crippen molar-refractivity contribution in [2.75, 3.05) is 12.4 Å². The Morgan fingerprint density at radius 1 is 1.07 bits per heavy atom. The van der Waals surface area contributed by atoms with Gasteiger partial charge in [-0.05, 0) is 43.2 Å². The quantitative estimate of drug-likeness (QED) is 0.629. The number of carbonyl (C=O) groups excluding carboxylic acids is 2. The molecule has 3 aromatic rings. The van der Waals surface area contributed by atoms with Crippen molar-refractivity contribution in [1.82, 2.24) is 0 Å². The van der Waals surface area contributed by atoms with Gasteiger partial charge in [0.05, 0.1) is 7.11 Å². The summed E-state index contributed by atoms with van der Waals surface area (Å²) < 4.78 is 18.3. The summed E-state index contributed by atoms with van der Waals surface area (Å²) in [6, 6.07) is 11.3. The molecule has 3 rings (SSSR count). The zero-order valence-corrected chi connectivity index (χ0v) is 15.9. The van der Waals surface area contributed by atoms with Gasteiger partial charge in [0, 0.05) is 16.5 Å². The van der Waals surface area contributed by atoms with E-state index in [9.17, 15) is 14.0 Å². The largest absolute Gasteiger partial charge is 0.465 e. The predicted octanol–water partition coefficient (Wildman–Crippen LogP) is 5.21. The van der Waals surface area contributed by atoms with Crippen LogP contribution in [-0.4, -0.2) is 19.0 Å². The van der Waals surface area contributed by atoms with Crippen LogP contribution in [-0.2, 0) is 4.74 Å². The number of hydrogen-bond acceptors (Lipinski definition) is 4.